The fraction of sp³-hybridized carbons (Fsp3) is 0.364. The average Bonchev–Trinajstić information content (AvgIpc) is 2.15. The summed E-state index contributed by atoms with van der Waals surface area (Å²) in [6.45, 7) is 3.78. The van der Waals surface area contributed by atoms with Crippen LogP contribution in [0.5, 0.6) is 5.75 Å². The molecule has 1 aromatic rings. The second-order valence-corrected chi connectivity index (χ2v) is 3.57. The summed E-state index contributed by atoms with van der Waals surface area (Å²) in [6, 6.07) is 5.79. The minimum atomic E-state index is -4.77. The average molecular weight is 229 g/mol. The van der Waals surface area contributed by atoms with E-state index in [1.807, 2.05) is 13.8 Å². The molecular formula is C11H10F3NO. The first-order valence-electron chi connectivity index (χ1n) is 4.63. The third kappa shape index (κ3) is 3.16. The Morgan fingerprint density at radius 3 is 2.38 bits per heavy atom. The van der Waals surface area contributed by atoms with Crippen molar-refractivity contribution >= 4 is 0 Å². The molecule has 0 saturated heterocycles. The maximum absolute atomic E-state index is 12.0. The summed E-state index contributed by atoms with van der Waals surface area (Å²) < 4.78 is 39.7. The van der Waals surface area contributed by atoms with E-state index in [2.05, 4.69) is 4.74 Å². The molecule has 0 heterocycles. The predicted octanol–water partition coefficient (Wildman–Crippen LogP) is 3.58. The van der Waals surface area contributed by atoms with Crippen LogP contribution in [0.25, 0.3) is 0 Å². The third-order valence-electron chi connectivity index (χ3n) is 2.02. The lowest BCUT2D eigenvalue weighted by Crippen LogP contribution is -2.17. The smallest absolute Gasteiger partial charge is 0.404 e. The van der Waals surface area contributed by atoms with Gasteiger partial charge in [-0.2, -0.15) is 5.26 Å². The Labute approximate surface area is 91.3 Å². The van der Waals surface area contributed by atoms with E-state index in [0.717, 1.165) is 5.56 Å². The van der Waals surface area contributed by atoms with Crippen molar-refractivity contribution in [2.75, 3.05) is 0 Å². The summed E-state index contributed by atoms with van der Waals surface area (Å²) in [4.78, 5) is 0. The number of nitriles is 1. The van der Waals surface area contributed by atoms with E-state index in [1.165, 1.54) is 18.2 Å². The van der Waals surface area contributed by atoms with Crippen LogP contribution in [-0.4, -0.2) is 6.36 Å². The number of rotatable bonds is 2. The molecular weight excluding hydrogens is 219 g/mol. The molecule has 0 aliphatic heterocycles. The topological polar surface area (TPSA) is 33.0 Å². The summed E-state index contributed by atoms with van der Waals surface area (Å²) in [7, 11) is 0. The Kier molecular flexibility index (Phi) is 3.43. The van der Waals surface area contributed by atoms with Crippen LogP contribution in [0.4, 0.5) is 13.2 Å². The zero-order chi connectivity index (χ0) is 12.3. The van der Waals surface area contributed by atoms with Crippen LogP contribution in [0.1, 0.15) is 30.9 Å². The molecule has 0 N–H and O–H groups in total. The highest BCUT2D eigenvalue weighted by molar-refractivity contribution is 5.46. The van der Waals surface area contributed by atoms with Gasteiger partial charge in [-0.25, -0.2) is 0 Å². The van der Waals surface area contributed by atoms with Crippen LogP contribution >= 0.6 is 0 Å². The van der Waals surface area contributed by atoms with Crippen molar-refractivity contribution in [3.63, 3.8) is 0 Å². The second kappa shape index (κ2) is 4.44. The molecule has 0 radical (unpaired) electrons. The molecule has 2 nitrogen and oxygen atoms in total. The van der Waals surface area contributed by atoms with Crippen LogP contribution in [0.2, 0.25) is 0 Å². The molecule has 0 aliphatic carbocycles. The van der Waals surface area contributed by atoms with Gasteiger partial charge in [0.05, 0.1) is 5.56 Å². The first kappa shape index (κ1) is 12.4. The molecule has 0 unspecified atom stereocenters. The Bertz CT molecular complexity index is 418. The first-order valence-corrected chi connectivity index (χ1v) is 4.63. The lowest BCUT2D eigenvalue weighted by Gasteiger charge is -2.12. The van der Waals surface area contributed by atoms with E-state index in [9.17, 15) is 13.2 Å². The number of hydrogen-bond donors (Lipinski definition) is 0. The summed E-state index contributed by atoms with van der Waals surface area (Å²) in [5.74, 6) is -0.313. The van der Waals surface area contributed by atoms with Crippen LogP contribution in [0.15, 0.2) is 18.2 Å². The van der Waals surface area contributed by atoms with Gasteiger partial charge in [-0.3, -0.25) is 0 Å². The molecule has 0 spiro atoms. The molecule has 86 valence electrons. The van der Waals surface area contributed by atoms with Gasteiger partial charge in [0.25, 0.3) is 0 Å². The van der Waals surface area contributed by atoms with Gasteiger partial charge in [-0.05, 0) is 23.6 Å². The summed E-state index contributed by atoms with van der Waals surface area (Å²) >= 11 is 0. The SMILES string of the molecule is CC(C)c1ccc(OC(F)(F)F)c(C#N)c1. The minimum Gasteiger partial charge on any atom is -0.404 e. The predicted molar refractivity (Wildman–Crippen MR) is 51.9 cm³/mol. The van der Waals surface area contributed by atoms with Crippen molar-refractivity contribution in [1.29, 1.82) is 5.26 Å². The van der Waals surface area contributed by atoms with Crippen molar-refractivity contribution in [2.45, 2.75) is 26.1 Å². The molecule has 0 amide bonds. The normalized spacial score (nSPS) is 11.3. The molecule has 0 atom stereocenters. The lowest BCUT2D eigenvalue weighted by atomic mass is 10.0. The Morgan fingerprint density at radius 2 is 1.94 bits per heavy atom. The molecule has 1 aromatic carbocycles. The molecule has 0 saturated carbocycles. The maximum atomic E-state index is 12.0. The number of nitrogens with zero attached hydrogens (tertiary/aromatic N) is 1. The van der Waals surface area contributed by atoms with Gasteiger partial charge >= 0.3 is 6.36 Å². The highest BCUT2D eigenvalue weighted by Crippen LogP contribution is 2.28. The summed E-state index contributed by atoms with van der Waals surface area (Å²) in [6.07, 6.45) is -4.77. The highest BCUT2D eigenvalue weighted by atomic mass is 19.4. The van der Waals surface area contributed by atoms with Crippen molar-refractivity contribution in [1.82, 2.24) is 0 Å². The number of alkyl halides is 3. The van der Waals surface area contributed by atoms with Gasteiger partial charge in [0.15, 0.2) is 0 Å². The standard InChI is InChI=1S/C11H10F3NO/c1-7(2)8-3-4-10(9(5-8)6-15)16-11(12,13)14/h3-5,7H,1-2H3. The van der Waals surface area contributed by atoms with Crippen molar-refractivity contribution in [3.05, 3.63) is 29.3 Å². The van der Waals surface area contributed by atoms with Crippen molar-refractivity contribution in [2.24, 2.45) is 0 Å². The van der Waals surface area contributed by atoms with Gasteiger partial charge in [0, 0.05) is 0 Å². The van der Waals surface area contributed by atoms with Crippen LogP contribution in [-0.2, 0) is 0 Å². The van der Waals surface area contributed by atoms with Gasteiger partial charge < -0.3 is 4.74 Å². The quantitative estimate of drug-likeness (QED) is 0.776. The Hall–Kier alpha value is -1.70. The fourth-order valence-electron chi connectivity index (χ4n) is 1.21. The van der Waals surface area contributed by atoms with Crippen LogP contribution < -0.4 is 4.74 Å². The summed E-state index contributed by atoms with van der Waals surface area (Å²) in [5.41, 5.74) is 0.689. The molecule has 0 aliphatic rings. The van der Waals surface area contributed by atoms with Gasteiger partial charge in [-0.15, -0.1) is 13.2 Å². The zero-order valence-corrected chi connectivity index (χ0v) is 8.80. The van der Waals surface area contributed by atoms with E-state index in [0.29, 0.717) is 0 Å². The number of ether oxygens (including phenoxy) is 1. The zero-order valence-electron chi connectivity index (χ0n) is 8.80. The first-order chi connectivity index (χ1) is 7.33. The van der Waals surface area contributed by atoms with Gasteiger partial charge in [0.1, 0.15) is 11.8 Å². The van der Waals surface area contributed by atoms with E-state index in [4.69, 9.17) is 5.26 Å². The second-order valence-electron chi connectivity index (χ2n) is 3.57. The fourth-order valence-corrected chi connectivity index (χ4v) is 1.21. The maximum Gasteiger partial charge on any atom is 0.573 e. The number of benzene rings is 1. The molecule has 5 heteroatoms. The monoisotopic (exact) mass is 229 g/mol. The highest BCUT2D eigenvalue weighted by Gasteiger charge is 2.32. The van der Waals surface area contributed by atoms with E-state index < -0.39 is 12.1 Å². The van der Waals surface area contributed by atoms with Crippen LogP contribution in [0, 0.1) is 11.3 Å². The minimum absolute atomic E-state index is 0.108. The molecule has 16 heavy (non-hydrogen) atoms. The van der Waals surface area contributed by atoms with Crippen molar-refractivity contribution < 1.29 is 17.9 Å². The Morgan fingerprint density at radius 1 is 1.31 bits per heavy atom. The third-order valence-corrected chi connectivity index (χ3v) is 2.02. The largest absolute Gasteiger partial charge is 0.573 e. The molecule has 0 bridgehead atoms. The van der Waals surface area contributed by atoms with Gasteiger partial charge in [0.2, 0.25) is 0 Å². The molecule has 1 rings (SSSR count). The van der Waals surface area contributed by atoms with E-state index >= 15 is 0 Å². The number of halogens is 3. The van der Waals surface area contributed by atoms with E-state index in [-0.39, 0.29) is 11.5 Å². The van der Waals surface area contributed by atoms with Crippen molar-refractivity contribution in [3.8, 4) is 11.8 Å². The number of hydrogen-bond acceptors (Lipinski definition) is 2. The van der Waals surface area contributed by atoms with E-state index in [1.54, 1.807) is 6.07 Å². The van der Waals surface area contributed by atoms with Gasteiger partial charge in [-0.1, -0.05) is 19.9 Å². The Balaban J connectivity index is 3.09. The molecule has 0 aromatic heterocycles. The van der Waals surface area contributed by atoms with Crippen LogP contribution in [0.3, 0.4) is 0 Å². The molecule has 0 fully saturated rings. The summed E-state index contributed by atoms with van der Waals surface area (Å²) in [5, 5.41) is 8.72. The lowest BCUT2D eigenvalue weighted by molar-refractivity contribution is -0.274.